The van der Waals surface area contributed by atoms with Gasteiger partial charge in [-0.05, 0) is 93.3 Å². The third-order valence-electron chi connectivity index (χ3n) is 8.55. The monoisotopic (exact) mass is 685 g/mol. The van der Waals surface area contributed by atoms with Crippen LogP contribution in [-0.2, 0) is 14.2 Å². The number of nitrogens with one attached hydrogen (secondary N) is 2. The number of carbonyl (C=O) groups is 3. The lowest BCUT2D eigenvalue weighted by molar-refractivity contribution is 0.0274. The number of hydrogen-bond acceptors (Lipinski definition) is 7. The Kier molecular flexibility index (Phi) is 13.8. The predicted octanol–water partition coefficient (Wildman–Crippen LogP) is 7.53. The molecular formula is C37H52ClN3O7. The first-order valence-corrected chi connectivity index (χ1v) is 17.5. The second-order valence-corrected chi connectivity index (χ2v) is 14.5. The van der Waals surface area contributed by atoms with Crippen molar-refractivity contribution in [2.24, 2.45) is 11.8 Å². The van der Waals surface area contributed by atoms with Gasteiger partial charge in [-0.25, -0.2) is 9.59 Å². The Morgan fingerprint density at radius 2 is 1.73 bits per heavy atom. The van der Waals surface area contributed by atoms with Crippen molar-refractivity contribution in [3.63, 3.8) is 0 Å². The Balaban J connectivity index is 1.61. The van der Waals surface area contributed by atoms with Crippen molar-refractivity contribution in [3.8, 4) is 5.75 Å². The van der Waals surface area contributed by atoms with Crippen molar-refractivity contribution in [1.82, 2.24) is 15.5 Å². The van der Waals surface area contributed by atoms with E-state index >= 15 is 0 Å². The number of carbonyl (C=O) groups excluding carboxylic acids is 3. The molecule has 2 aliphatic rings. The Morgan fingerprint density at radius 1 is 0.979 bits per heavy atom. The van der Waals surface area contributed by atoms with E-state index in [0.29, 0.717) is 46.9 Å². The molecule has 2 N–H and O–H groups in total. The number of benzene rings is 2. The molecule has 0 heterocycles. The molecule has 2 atom stereocenters. The topological polar surface area (TPSA) is 115 Å². The van der Waals surface area contributed by atoms with E-state index in [9.17, 15) is 14.4 Å². The Bertz CT molecular complexity index is 1370. The van der Waals surface area contributed by atoms with Crippen molar-refractivity contribution in [1.29, 1.82) is 0 Å². The molecule has 0 radical (unpaired) electrons. The summed E-state index contributed by atoms with van der Waals surface area (Å²) in [6, 6.07) is 12.6. The van der Waals surface area contributed by atoms with Crippen LogP contribution >= 0.6 is 11.6 Å². The largest absolute Gasteiger partial charge is 0.493 e. The highest BCUT2D eigenvalue weighted by Crippen LogP contribution is 2.34. The van der Waals surface area contributed by atoms with Crippen molar-refractivity contribution in [3.05, 3.63) is 64.2 Å². The lowest BCUT2D eigenvalue weighted by Gasteiger charge is -2.31. The van der Waals surface area contributed by atoms with Gasteiger partial charge in [0.25, 0.3) is 5.91 Å². The number of alkyl carbamates (subject to hydrolysis) is 1. The van der Waals surface area contributed by atoms with Gasteiger partial charge >= 0.3 is 12.2 Å². The summed E-state index contributed by atoms with van der Waals surface area (Å²) in [7, 11) is 3.01. The Hall–Kier alpha value is -3.50. The van der Waals surface area contributed by atoms with Gasteiger partial charge in [0.2, 0.25) is 0 Å². The van der Waals surface area contributed by atoms with Crippen LogP contribution in [0.5, 0.6) is 5.75 Å². The van der Waals surface area contributed by atoms with E-state index in [4.69, 9.17) is 25.8 Å². The second-order valence-electron chi connectivity index (χ2n) is 14.0. The minimum Gasteiger partial charge on any atom is -0.493 e. The van der Waals surface area contributed by atoms with Crippen LogP contribution in [0.2, 0.25) is 5.02 Å². The molecule has 3 amide bonds. The summed E-state index contributed by atoms with van der Waals surface area (Å²) in [4.78, 5) is 40.1. The van der Waals surface area contributed by atoms with E-state index in [1.54, 1.807) is 24.1 Å². The molecule has 11 heteroatoms. The van der Waals surface area contributed by atoms with Gasteiger partial charge in [-0.1, -0.05) is 55.8 Å². The van der Waals surface area contributed by atoms with E-state index in [-0.39, 0.29) is 25.1 Å². The first-order chi connectivity index (χ1) is 22.9. The SMILES string of the molecule is COC(=O)NCCOC(c1cccc(Cl)c1)c1cc(OCC2CC2)cc(C(=O)N[C@@H](CC2CCCCC2)CN(C)C(=O)OC(C)(C)C)c1. The van der Waals surface area contributed by atoms with Crippen LogP contribution in [0.1, 0.15) is 99.7 Å². The molecule has 2 saturated carbocycles. The molecule has 0 aromatic heterocycles. The first kappa shape index (κ1) is 37.3. The van der Waals surface area contributed by atoms with Crippen molar-refractivity contribution >= 4 is 29.7 Å². The van der Waals surface area contributed by atoms with Crippen LogP contribution in [0.3, 0.4) is 0 Å². The van der Waals surface area contributed by atoms with Gasteiger partial charge in [0.15, 0.2) is 0 Å². The molecule has 2 aromatic carbocycles. The number of nitrogens with zero attached hydrogens (tertiary/aromatic N) is 1. The zero-order valence-electron chi connectivity index (χ0n) is 29.0. The molecular weight excluding hydrogens is 634 g/mol. The summed E-state index contributed by atoms with van der Waals surface area (Å²) < 4.78 is 22.8. The molecule has 0 spiro atoms. The highest BCUT2D eigenvalue weighted by atomic mass is 35.5. The first-order valence-electron chi connectivity index (χ1n) is 17.1. The summed E-state index contributed by atoms with van der Waals surface area (Å²) in [5.41, 5.74) is 1.31. The standard InChI is InChI=1S/C37H52ClN3O7/c1-37(2,3)48-36(44)41(4)23-31(18-25-10-7-6-8-11-25)40-34(42)29-19-28(21-32(22-29)47-24-26-14-15-26)33(27-12-9-13-30(38)20-27)46-17-16-39-35(43)45-5/h9,12-13,19-22,25-26,31,33H,6-8,10-11,14-18,23-24H2,1-5H3,(H,39,43)(H,40,42)/t31-,33?/m0/s1. The third-order valence-corrected chi connectivity index (χ3v) is 8.78. The van der Waals surface area contributed by atoms with Crippen molar-refractivity contribution in [2.45, 2.75) is 89.9 Å². The fraction of sp³-hybridized carbons (Fsp3) is 0.595. The fourth-order valence-corrected chi connectivity index (χ4v) is 6.16. The van der Waals surface area contributed by atoms with E-state index in [0.717, 1.165) is 37.7 Å². The number of rotatable bonds is 15. The van der Waals surface area contributed by atoms with E-state index in [1.165, 1.54) is 26.4 Å². The van der Waals surface area contributed by atoms with Gasteiger partial charge in [-0.15, -0.1) is 0 Å². The summed E-state index contributed by atoms with van der Waals surface area (Å²) in [5, 5.41) is 6.44. The van der Waals surface area contributed by atoms with E-state index < -0.39 is 23.9 Å². The highest BCUT2D eigenvalue weighted by Gasteiger charge is 2.28. The van der Waals surface area contributed by atoms with Gasteiger partial charge in [-0.3, -0.25) is 4.79 Å². The molecule has 0 bridgehead atoms. The number of likely N-dealkylation sites (N-methyl/N-ethyl adjacent to an activating group) is 1. The van der Waals surface area contributed by atoms with Crippen LogP contribution < -0.4 is 15.4 Å². The molecule has 0 saturated heterocycles. The number of ether oxygens (including phenoxy) is 4. The maximum atomic E-state index is 14.1. The van der Waals surface area contributed by atoms with E-state index in [2.05, 4.69) is 15.4 Å². The third kappa shape index (κ3) is 12.5. The summed E-state index contributed by atoms with van der Waals surface area (Å²) >= 11 is 6.38. The smallest absolute Gasteiger partial charge is 0.410 e. The van der Waals surface area contributed by atoms with E-state index in [1.807, 2.05) is 51.1 Å². The zero-order chi connectivity index (χ0) is 34.7. The van der Waals surface area contributed by atoms with Crippen LogP contribution in [0.15, 0.2) is 42.5 Å². The van der Waals surface area contributed by atoms with Gasteiger partial charge in [-0.2, -0.15) is 0 Å². The number of amides is 3. The second kappa shape index (κ2) is 17.8. The molecule has 2 aromatic rings. The molecule has 2 fully saturated rings. The molecule has 48 heavy (non-hydrogen) atoms. The molecule has 264 valence electrons. The van der Waals surface area contributed by atoms with Crippen LogP contribution in [-0.4, -0.2) is 75.1 Å². The van der Waals surface area contributed by atoms with Gasteiger partial charge in [0, 0.05) is 36.8 Å². The minimum atomic E-state index is -0.623. The minimum absolute atomic E-state index is 0.182. The number of hydrogen-bond donors (Lipinski definition) is 2. The van der Waals surface area contributed by atoms with Crippen LogP contribution in [0.4, 0.5) is 9.59 Å². The van der Waals surface area contributed by atoms with Crippen molar-refractivity contribution < 1.29 is 33.3 Å². The summed E-state index contributed by atoms with van der Waals surface area (Å²) in [5.74, 6) is 1.30. The molecule has 2 aliphatic carbocycles. The van der Waals surface area contributed by atoms with Crippen molar-refractivity contribution in [2.75, 3.05) is 40.5 Å². The van der Waals surface area contributed by atoms with Gasteiger partial charge in [0.1, 0.15) is 17.5 Å². The predicted molar refractivity (Wildman–Crippen MR) is 186 cm³/mol. The molecule has 4 rings (SSSR count). The average molecular weight is 686 g/mol. The number of methoxy groups -OCH3 is 1. The Labute approximate surface area is 290 Å². The fourth-order valence-electron chi connectivity index (χ4n) is 5.96. The number of halogens is 1. The summed E-state index contributed by atoms with van der Waals surface area (Å²) in [6.45, 7) is 6.82. The lowest BCUT2D eigenvalue weighted by atomic mass is 9.84. The maximum absolute atomic E-state index is 14.1. The van der Waals surface area contributed by atoms with Gasteiger partial charge in [0.05, 0.1) is 20.3 Å². The van der Waals surface area contributed by atoms with Crippen LogP contribution in [0.25, 0.3) is 0 Å². The van der Waals surface area contributed by atoms with Crippen LogP contribution in [0, 0.1) is 11.8 Å². The lowest BCUT2D eigenvalue weighted by Crippen LogP contribution is -2.46. The van der Waals surface area contributed by atoms with Gasteiger partial charge < -0.3 is 34.5 Å². The Morgan fingerprint density at radius 3 is 2.40 bits per heavy atom. The molecule has 10 nitrogen and oxygen atoms in total. The average Bonchev–Trinajstić information content (AvgIpc) is 3.88. The normalized spacial score (nSPS) is 16.4. The zero-order valence-corrected chi connectivity index (χ0v) is 29.8. The maximum Gasteiger partial charge on any atom is 0.410 e. The quantitative estimate of drug-likeness (QED) is 0.186. The highest BCUT2D eigenvalue weighted by molar-refractivity contribution is 6.30. The molecule has 1 unspecified atom stereocenters. The summed E-state index contributed by atoms with van der Waals surface area (Å²) in [6.07, 6.45) is 7.26. The molecule has 0 aliphatic heterocycles.